The van der Waals surface area contributed by atoms with Crippen molar-refractivity contribution in [3.05, 3.63) is 36.4 Å². The molecule has 2 aromatic rings. The molecule has 0 radical (unpaired) electrons. The Balaban J connectivity index is 1.35. The minimum Gasteiger partial charge on any atom is -0.381 e. The van der Waals surface area contributed by atoms with Crippen LogP contribution in [0.1, 0.15) is 32.1 Å². The fraction of sp³-hybridized carbons (Fsp3) is 0.550. The third-order valence-electron chi connectivity index (χ3n) is 5.38. The normalized spacial score (nSPS) is 21.9. The summed E-state index contributed by atoms with van der Waals surface area (Å²) in [5.74, 6) is 1.58. The van der Waals surface area contributed by atoms with E-state index < -0.39 is 10.2 Å². The Hall–Kier alpha value is -1.70. The molecular formula is C20H27N3O3S. The molecule has 7 heteroatoms. The van der Waals surface area contributed by atoms with Crippen LogP contribution in [0.2, 0.25) is 0 Å². The summed E-state index contributed by atoms with van der Waals surface area (Å²) in [7, 11) is -3.60. The van der Waals surface area contributed by atoms with E-state index in [1.54, 1.807) is 10.4 Å². The molecule has 0 bridgehead atoms. The summed E-state index contributed by atoms with van der Waals surface area (Å²) < 4.78 is 35.6. The first-order chi connectivity index (χ1) is 13.1. The van der Waals surface area contributed by atoms with Crippen LogP contribution in [-0.2, 0) is 14.9 Å². The summed E-state index contributed by atoms with van der Waals surface area (Å²) in [4.78, 5) is 4.42. The SMILES string of the molecule is O=S(=O)(Nc1ccc2ccccc2n1)N1CCCC(COCC2CC2)CC1. The summed E-state index contributed by atoms with van der Waals surface area (Å²) in [6.07, 6.45) is 5.32. The van der Waals surface area contributed by atoms with Crippen LogP contribution in [0.5, 0.6) is 0 Å². The average molecular weight is 390 g/mol. The van der Waals surface area contributed by atoms with E-state index in [-0.39, 0.29) is 0 Å². The molecule has 1 atom stereocenters. The van der Waals surface area contributed by atoms with Crippen LogP contribution >= 0.6 is 0 Å². The predicted molar refractivity (Wildman–Crippen MR) is 107 cm³/mol. The molecule has 1 aromatic carbocycles. The zero-order chi connectivity index (χ0) is 18.7. The highest BCUT2D eigenvalue weighted by Crippen LogP contribution is 2.29. The summed E-state index contributed by atoms with van der Waals surface area (Å²) in [6.45, 7) is 2.69. The number of pyridine rings is 1. The molecule has 0 amide bonds. The first-order valence-corrected chi connectivity index (χ1v) is 11.3. The van der Waals surface area contributed by atoms with Gasteiger partial charge in [-0.25, -0.2) is 4.98 Å². The van der Waals surface area contributed by atoms with E-state index in [0.29, 0.717) is 24.8 Å². The van der Waals surface area contributed by atoms with E-state index in [0.717, 1.165) is 49.3 Å². The maximum absolute atomic E-state index is 12.8. The Labute approximate surface area is 161 Å². The van der Waals surface area contributed by atoms with Gasteiger partial charge in [-0.3, -0.25) is 4.72 Å². The number of rotatable bonds is 7. The summed E-state index contributed by atoms with van der Waals surface area (Å²) in [5.41, 5.74) is 0.779. The summed E-state index contributed by atoms with van der Waals surface area (Å²) in [6, 6.07) is 11.3. The molecule has 146 valence electrons. The number of hydrogen-bond donors (Lipinski definition) is 1. The number of aromatic nitrogens is 1. The number of ether oxygens (including phenoxy) is 1. The van der Waals surface area contributed by atoms with Crippen LogP contribution < -0.4 is 4.72 Å². The van der Waals surface area contributed by atoms with E-state index in [4.69, 9.17) is 4.74 Å². The molecule has 1 saturated heterocycles. The largest absolute Gasteiger partial charge is 0.381 e. The maximum atomic E-state index is 12.8. The molecule has 2 fully saturated rings. The van der Waals surface area contributed by atoms with Gasteiger partial charge in [-0.2, -0.15) is 12.7 Å². The number of hydrogen-bond acceptors (Lipinski definition) is 4. The second-order valence-electron chi connectivity index (χ2n) is 7.67. The minimum atomic E-state index is -3.60. The van der Waals surface area contributed by atoms with E-state index in [1.807, 2.05) is 30.3 Å². The van der Waals surface area contributed by atoms with Crippen molar-refractivity contribution in [3.63, 3.8) is 0 Å². The van der Waals surface area contributed by atoms with Crippen molar-refractivity contribution >= 4 is 26.9 Å². The van der Waals surface area contributed by atoms with Crippen LogP contribution in [-0.4, -0.2) is 44.0 Å². The first kappa shape index (κ1) is 18.7. The Kier molecular flexibility index (Phi) is 5.61. The van der Waals surface area contributed by atoms with Gasteiger partial charge in [0.25, 0.3) is 0 Å². The molecular weight excluding hydrogens is 362 g/mol. The Morgan fingerprint density at radius 2 is 1.78 bits per heavy atom. The van der Waals surface area contributed by atoms with E-state index in [1.165, 1.54) is 12.8 Å². The summed E-state index contributed by atoms with van der Waals surface area (Å²) in [5, 5.41) is 0.990. The van der Waals surface area contributed by atoms with Crippen LogP contribution in [0.25, 0.3) is 10.9 Å². The highest BCUT2D eigenvalue weighted by atomic mass is 32.2. The van der Waals surface area contributed by atoms with Crippen molar-refractivity contribution in [2.45, 2.75) is 32.1 Å². The first-order valence-electron chi connectivity index (χ1n) is 9.81. The monoisotopic (exact) mass is 389 g/mol. The van der Waals surface area contributed by atoms with Crippen molar-refractivity contribution in [1.82, 2.24) is 9.29 Å². The lowest BCUT2D eigenvalue weighted by molar-refractivity contribution is 0.0867. The van der Waals surface area contributed by atoms with Gasteiger partial charge in [0.2, 0.25) is 0 Å². The molecule has 0 spiro atoms. The van der Waals surface area contributed by atoms with E-state index in [2.05, 4.69) is 9.71 Å². The molecule has 6 nitrogen and oxygen atoms in total. The number of nitrogens with one attached hydrogen (secondary N) is 1. The highest BCUT2D eigenvalue weighted by molar-refractivity contribution is 7.90. The number of para-hydroxylation sites is 1. The van der Waals surface area contributed by atoms with Crippen molar-refractivity contribution in [1.29, 1.82) is 0 Å². The van der Waals surface area contributed by atoms with Crippen LogP contribution in [0.15, 0.2) is 36.4 Å². The van der Waals surface area contributed by atoms with Crippen LogP contribution in [0, 0.1) is 11.8 Å². The molecule has 1 aliphatic carbocycles. The molecule has 4 rings (SSSR count). The molecule has 1 aromatic heterocycles. The molecule has 1 unspecified atom stereocenters. The smallest absolute Gasteiger partial charge is 0.302 e. The number of nitrogens with zero attached hydrogens (tertiary/aromatic N) is 2. The Morgan fingerprint density at radius 3 is 2.59 bits per heavy atom. The van der Waals surface area contributed by atoms with Crippen molar-refractivity contribution in [2.75, 3.05) is 31.0 Å². The standard InChI is InChI=1S/C20H27N3O3S/c24-27(25,22-20-10-9-18-5-1-2-6-19(18)21-20)23-12-3-4-16(11-13-23)14-26-15-17-7-8-17/h1-2,5-6,9-10,16-17H,3-4,7-8,11-15H2,(H,21,22). The van der Waals surface area contributed by atoms with Crippen molar-refractivity contribution < 1.29 is 13.2 Å². The van der Waals surface area contributed by atoms with Gasteiger partial charge in [0.1, 0.15) is 5.82 Å². The fourth-order valence-corrected chi connectivity index (χ4v) is 4.77. The minimum absolute atomic E-state index is 0.363. The second-order valence-corrected chi connectivity index (χ2v) is 9.34. The van der Waals surface area contributed by atoms with Gasteiger partial charge >= 0.3 is 10.2 Å². The van der Waals surface area contributed by atoms with Gasteiger partial charge in [0.05, 0.1) is 5.52 Å². The Bertz CT molecular complexity index is 883. The zero-order valence-electron chi connectivity index (χ0n) is 15.5. The fourth-order valence-electron chi connectivity index (χ4n) is 3.55. The van der Waals surface area contributed by atoms with Gasteiger partial charge in [0.15, 0.2) is 0 Å². The van der Waals surface area contributed by atoms with Crippen molar-refractivity contribution in [3.8, 4) is 0 Å². The molecule has 1 aliphatic heterocycles. The predicted octanol–water partition coefficient (Wildman–Crippen LogP) is 3.42. The second kappa shape index (κ2) is 8.12. The quantitative estimate of drug-likeness (QED) is 0.788. The number of anilines is 1. The summed E-state index contributed by atoms with van der Waals surface area (Å²) >= 11 is 0. The van der Waals surface area contributed by atoms with Gasteiger partial charge < -0.3 is 4.74 Å². The van der Waals surface area contributed by atoms with E-state index >= 15 is 0 Å². The molecule has 1 N–H and O–H groups in total. The molecule has 2 heterocycles. The topological polar surface area (TPSA) is 71.5 Å². The van der Waals surface area contributed by atoms with E-state index in [9.17, 15) is 8.42 Å². The Morgan fingerprint density at radius 1 is 1.00 bits per heavy atom. The highest BCUT2D eigenvalue weighted by Gasteiger charge is 2.27. The van der Waals surface area contributed by atoms with Gasteiger partial charge in [-0.1, -0.05) is 18.2 Å². The average Bonchev–Trinajstić information content (AvgIpc) is 3.48. The number of benzene rings is 1. The van der Waals surface area contributed by atoms with Crippen LogP contribution in [0.3, 0.4) is 0 Å². The zero-order valence-corrected chi connectivity index (χ0v) is 16.3. The molecule has 27 heavy (non-hydrogen) atoms. The number of fused-ring (bicyclic) bond motifs is 1. The van der Waals surface area contributed by atoms with Gasteiger partial charge in [-0.15, -0.1) is 0 Å². The molecule has 1 saturated carbocycles. The lowest BCUT2D eigenvalue weighted by Gasteiger charge is -2.21. The third kappa shape index (κ3) is 4.97. The molecule has 2 aliphatic rings. The van der Waals surface area contributed by atoms with Gasteiger partial charge in [0, 0.05) is 31.7 Å². The van der Waals surface area contributed by atoms with Crippen molar-refractivity contribution in [2.24, 2.45) is 11.8 Å². The third-order valence-corrected chi connectivity index (χ3v) is 6.89. The lowest BCUT2D eigenvalue weighted by atomic mass is 10.0. The lowest BCUT2D eigenvalue weighted by Crippen LogP contribution is -2.37. The van der Waals surface area contributed by atoms with Gasteiger partial charge in [-0.05, 0) is 62.1 Å². The maximum Gasteiger partial charge on any atom is 0.302 e. The van der Waals surface area contributed by atoms with Crippen LogP contribution in [0.4, 0.5) is 5.82 Å².